The number of rotatable bonds is 4. The fourth-order valence-corrected chi connectivity index (χ4v) is 2.75. The average molecular weight is 312 g/mol. The van der Waals surface area contributed by atoms with E-state index in [9.17, 15) is 0 Å². The minimum Gasteiger partial charge on any atom is -0.353 e. The van der Waals surface area contributed by atoms with Gasteiger partial charge in [0.2, 0.25) is 11.3 Å². The van der Waals surface area contributed by atoms with Crippen molar-refractivity contribution < 1.29 is 4.63 Å². The van der Waals surface area contributed by atoms with E-state index >= 15 is 0 Å². The van der Waals surface area contributed by atoms with E-state index in [1.54, 1.807) is 18.6 Å². The van der Waals surface area contributed by atoms with Crippen LogP contribution in [0, 0.1) is 0 Å². The maximum atomic E-state index is 4.75. The van der Waals surface area contributed by atoms with Crippen LogP contribution < -0.4 is 9.80 Å². The molecule has 4 heterocycles. The molecule has 3 aromatic rings. The second-order valence-electron chi connectivity index (χ2n) is 5.53. The van der Waals surface area contributed by atoms with E-state index in [-0.39, 0.29) is 0 Å². The topological polar surface area (TPSA) is 97.0 Å². The Morgan fingerprint density at radius 2 is 1.91 bits per heavy atom. The summed E-state index contributed by atoms with van der Waals surface area (Å²) in [5.74, 6) is 1.57. The lowest BCUT2D eigenvalue weighted by Crippen LogP contribution is -2.26. The van der Waals surface area contributed by atoms with Gasteiger partial charge in [0.15, 0.2) is 11.6 Å². The lowest BCUT2D eigenvalue weighted by Gasteiger charge is -2.24. The largest absolute Gasteiger partial charge is 0.353 e. The normalized spacial score (nSPS) is 14.6. The quantitative estimate of drug-likeness (QED) is 0.699. The standard InChI is InChI=1S/C14H16N8O/c1-21(9-10-8-15-4-5-16-10)13-14(22-6-2-3-7-22)18-12-11(17-13)19-23-20-12/h4-5,8H,2-3,6-7,9H2,1H3. The average Bonchev–Trinajstić information content (AvgIpc) is 3.25. The number of fused-ring (bicyclic) bond motifs is 1. The van der Waals surface area contributed by atoms with Crippen molar-refractivity contribution in [3.8, 4) is 0 Å². The van der Waals surface area contributed by atoms with Gasteiger partial charge in [-0.05, 0) is 23.2 Å². The van der Waals surface area contributed by atoms with Crippen LogP contribution in [0.3, 0.4) is 0 Å². The molecular formula is C14H16N8O. The third-order valence-corrected chi connectivity index (χ3v) is 3.86. The van der Waals surface area contributed by atoms with Crippen LogP contribution in [0.25, 0.3) is 11.3 Å². The van der Waals surface area contributed by atoms with E-state index < -0.39 is 0 Å². The Kier molecular flexibility index (Phi) is 3.45. The number of nitrogens with zero attached hydrogens (tertiary/aromatic N) is 8. The summed E-state index contributed by atoms with van der Waals surface area (Å²) in [7, 11) is 1.96. The van der Waals surface area contributed by atoms with E-state index in [1.165, 1.54) is 0 Å². The monoisotopic (exact) mass is 312 g/mol. The summed E-state index contributed by atoms with van der Waals surface area (Å²) in [5, 5.41) is 7.61. The number of hydrogen-bond acceptors (Lipinski definition) is 9. The SMILES string of the molecule is CN(Cc1cnccn1)c1nc2nonc2nc1N1CCCC1. The first-order valence-corrected chi connectivity index (χ1v) is 7.52. The molecule has 0 aliphatic carbocycles. The molecule has 0 amide bonds. The Morgan fingerprint density at radius 3 is 2.65 bits per heavy atom. The summed E-state index contributed by atoms with van der Waals surface area (Å²) in [6.07, 6.45) is 7.40. The predicted octanol–water partition coefficient (Wildman–Crippen LogP) is 1.04. The van der Waals surface area contributed by atoms with Crippen LogP contribution >= 0.6 is 0 Å². The molecular weight excluding hydrogens is 296 g/mol. The molecule has 9 nitrogen and oxygen atoms in total. The van der Waals surface area contributed by atoms with Gasteiger partial charge in [0.25, 0.3) is 0 Å². The zero-order valence-corrected chi connectivity index (χ0v) is 12.8. The highest BCUT2D eigenvalue weighted by Crippen LogP contribution is 2.29. The van der Waals surface area contributed by atoms with Gasteiger partial charge in [-0.3, -0.25) is 9.97 Å². The minimum absolute atomic E-state index is 0.411. The summed E-state index contributed by atoms with van der Waals surface area (Å²) in [5.41, 5.74) is 1.71. The van der Waals surface area contributed by atoms with Gasteiger partial charge in [-0.15, -0.1) is 0 Å². The van der Waals surface area contributed by atoms with E-state index in [0.717, 1.165) is 43.3 Å². The van der Waals surface area contributed by atoms with Gasteiger partial charge >= 0.3 is 0 Å². The van der Waals surface area contributed by atoms with Crippen molar-refractivity contribution in [3.05, 3.63) is 24.3 Å². The fourth-order valence-electron chi connectivity index (χ4n) is 2.75. The van der Waals surface area contributed by atoms with Gasteiger partial charge in [-0.1, -0.05) is 0 Å². The molecule has 0 bridgehead atoms. The summed E-state index contributed by atoms with van der Waals surface area (Å²) in [6, 6.07) is 0. The van der Waals surface area contributed by atoms with Crippen LogP contribution in [0.4, 0.5) is 11.6 Å². The third kappa shape index (κ3) is 2.65. The first-order valence-electron chi connectivity index (χ1n) is 7.52. The molecule has 0 spiro atoms. The number of anilines is 2. The highest BCUT2D eigenvalue weighted by molar-refractivity contribution is 5.74. The molecule has 118 valence electrons. The van der Waals surface area contributed by atoms with Crippen molar-refractivity contribution in [1.29, 1.82) is 0 Å². The van der Waals surface area contributed by atoms with Crippen molar-refractivity contribution in [3.63, 3.8) is 0 Å². The van der Waals surface area contributed by atoms with E-state index in [4.69, 9.17) is 4.63 Å². The number of hydrogen-bond donors (Lipinski definition) is 0. The van der Waals surface area contributed by atoms with Gasteiger partial charge in [0.05, 0.1) is 18.4 Å². The molecule has 23 heavy (non-hydrogen) atoms. The molecule has 1 fully saturated rings. The van der Waals surface area contributed by atoms with Gasteiger partial charge in [0.1, 0.15) is 0 Å². The molecule has 0 N–H and O–H groups in total. The second-order valence-corrected chi connectivity index (χ2v) is 5.53. The highest BCUT2D eigenvalue weighted by Gasteiger charge is 2.23. The molecule has 0 atom stereocenters. The summed E-state index contributed by atoms with van der Waals surface area (Å²) in [4.78, 5) is 21.8. The molecule has 1 aliphatic heterocycles. The van der Waals surface area contributed by atoms with Crippen molar-refractivity contribution >= 4 is 22.9 Å². The summed E-state index contributed by atoms with van der Waals surface area (Å²) < 4.78 is 4.75. The van der Waals surface area contributed by atoms with Gasteiger partial charge < -0.3 is 9.80 Å². The second kappa shape index (κ2) is 5.75. The Balaban J connectivity index is 1.72. The van der Waals surface area contributed by atoms with Gasteiger partial charge in [-0.2, -0.15) is 0 Å². The van der Waals surface area contributed by atoms with E-state index in [2.05, 4.69) is 35.1 Å². The maximum Gasteiger partial charge on any atom is 0.245 e. The smallest absolute Gasteiger partial charge is 0.245 e. The summed E-state index contributed by atoms with van der Waals surface area (Å²) >= 11 is 0. The molecule has 0 saturated carbocycles. The lowest BCUT2D eigenvalue weighted by molar-refractivity contribution is 0.314. The van der Waals surface area contributed by atoms with Crippen LogP contribution in [0.2, 0.25) is 0 Å². The summed E-state index contributed by atoms with van der Waals surface area (Å²) in [6.45, 7) is 2.52. The first-order chi connectivity index (χ1) is 11.3. The van der Waals surface area contributed by atoms with Gasteiger partial charge in [-0.25, -0.2) is 14.6 Å². The first kappa shape index (κ1) is 13.8. The van der Waals surface area contributed by atoms with Gasteiger partial charge in [0, 0.05) is 32.5 Å². The Labute approximate surface area is 132 Å². The van der Waals surface area contributed by atoms with Crippen LogP contribution in [-0.4, -0.2) is 50.4 Å². The van der Waals surface area contributed by atoms with Crippen LogP contribution in [0.15, 0.2) is 23.2 Å². The zero-order chi connectivity index (χ0) is 15.6. The van der Waals surface area contributed by atoms with E-state index in [0.29, 0.717) is 17.8 Å². The Morgan fingerprint density at radius 1 is 1.13 bits per heavy atom. The molecule has 0 radical (unpaired) electrons. The van der Waals surface area contributed by atoms with E-state index in [1.807, 2.05) is 11.9 Å². The molecule has 1 aliphatic rings. The molecule has 4 rings (SSSR count). The van der Waals surface area contributed by atoms with Crippen LogP contribution in [0.1, 0.15) is 18.5 Å². The number of aromatic nitrogens is 6. The third-order valence-electron chi connectivity index (χ3n) is 3.86. The Bertz CT molecular complexity index is 799. The molecule has 1 saturated heterocycles. The Hall–Kier alpha value is -2.84. The molecule has 0 unspecified atom stereocenters. The zero-order valence-electron chi connectivity index (χ0n) is 12.8. The molecule has 3 aromatic heterocycles. The van der Waals surface area contributed by atoms with Crippen molar-refractivity contribution in [2.24, 2.45) is 0 Å². The van der Waals surface area contributed by atoms with Crippen molar-refractivity contribution in [2.75, 3.05) is 29.9 Å². The van der Waals surface area contributed by atoms with Crippen molar-refractivity contribution in [2.45, 2.75) is 19.4 Å². The maximum absolute atomic E-state index is 4.75. The van der Waals surface area contributed by atoms with Crippen LogP contribution in [0.5, 0.6) is 0 Å². The van der Waals surface area contributed by atoms with Crippen LogP contribution in [-0.2, 0) is 6.54 Å². The molecule has 9 heteroatoms. The van der Waals surface area contributed by atoms with Crippen molar-refractivity contribution in [1.82, 2.24) is 30.2 Å². The lowest BCUT2D eigenvalue weighted by atomic mass is 10.4. The highest BCUT2D eigenvalue weighted by atomic mass is 16.6. The predicted molar refractivity (Wildman–Crippen MR) is 83.0 cm³/mol. The molecule has 0 aromatic carbocycles. The minimum atomic E-state index is 0.411. The fraction of sp³-hybridized carbons (Fsp3) is 0.429.